The molecule has 0 unspecified atom stereocenters. The van der Waals surface area contributed by atoms with Crippen LogP contribution in [0.5, 0.6) is 5.75 Å². The molecule has 1 saturated carbocycles. The van der Waals surface area contributed by atoms with Crippen molar-refractivity contribution in [3.05, 3.63) is 46.6 Å². The van der Waals surface area contributed by atoms with Gasteiger partial charge in [0.1, 0.15) is 10.8 Å². The fourth-order valence-corrected chi connectivity index (χ4v) is 6.76. The van der Waals surface area contributed by atoms with E-state index in [4.69, 9.17) is 26.8 Å². The van der Waals surface area contributed by atoms with Gasteiger partial charge in [0.15, 0.2) is 5.82 Å². The van der Waals surface area contributed by atoms with E-state index in [1.54, 1.807) is 13.3 Å². The zero-order valence-electron chi connectivity index (χ0n) is 22.9. The molecule has 2 aromatic rings. The standard InChI is InChI=1S/C29H38ClN7O3/c1-39-24-16-19-5-7-36(8-9-37-10-12-40-13-11-37)6-4-18(19)15-23(24)33-29-32-17-22(30)28(35-29)34-26-21-3-2-20(14-21)25(26)27(31)38/h2-3,15-17,20-21,25-26H,4-14H2,1H3,(H2,31,38)(H2,32,33,34,35)/t20-,21+,25+,26-/m1/s1. The van der Waals surface area contributed by atoms with Crippen LogP contribution in [0.25, 0.3) is 0 Å². The second-order valence-corrected chi connectivity index (χ2v) is 11.6. The monoisotopic (exact) mass is 567 g/mol. The van der Waals surface area contributed by atoms with E-state index >= 15 is 0 Å². The Balaban J connectivity index is 1.15. The Labute approximate surface area is 240 Å². The number of aromatic nitrogens is 2. The normalized spacial score (nSPS) is 26.4. The van der Waals surface area contributed by atoms with Gasteiger partial charge in [-0.25, -0.2) is 4.98 Å². The summed E-state index contributed by atoms with van der Waals surface area (Å²) in [5.74, 6) is 1.45. The SMILES string of the molecule is COc1cc2c(cc1Nc1ncc(Cl)c(N[C@H]3[C@@H](C(N)=O)[C@@H]4C=C[C@H]3C4)n1)CCN(CCN1CCOCC1)CC2. The minimum absolute atomic E-state index is 0.138. The zero-order valence-corrected chi connectivity index (χ0v) is 23.7. The molecule has 2 aliphatic heterocycles. The van der Waals surface area contributed by atoms with Gasteiger partial charge in [-0.05, 0) is 54.4 Å². The lowest BCUT2D eigenvalue weighted by Gasteiger charge is -2.29. The van der Waals surface area contributed by atoms with Crippen molar-refractivity contribution in [2.75, 3.05) is 70.2 Å². The van der Waals surface area contributed by atoms with Crippen molar-refractivity contribution in [2.45, 2.75) is 25.3 Å². The molecule has 6 rings (SSSR count). The molecule has 0 spiro atoms. The minimum Gasteiger partial charge on any atom is -0.495 e. The van der Waals surface area contributed by atoms with Crippen LogP contribution in [0.2, 0.25) is 5.02 Å². The zero-order chi connectivity index (χ0) is 27.6. The van der Waals surface area contributed by atoms with Crippen LogP contribution in [0, 0.1) is 17.8 Å². The quantitative estimate of drug-likeness (QED) is 0.393. The molecule has 1 saturated heterocycles. The number of hydrogen-bond donors (Lipinski definition) is 3. The predicted molar refractivity (Wildman–Crippen MR) is 155 cm³/mol. The average molecular weight is 568 g/mol. The number of primary amides is 1. The number of halogens is 1. The number of amides is 1. The molecule has 214 valence electrons. The highest BCUT2D eigenvalue weighted by Gasteiger charge is 2.47. The second kappa shape index (κ2) is 11.9. The summed E-state index contributed by atoms with van der Waals surface area (Å²) >= 11 is 6.48. The third kappa shape index (κ3) is 5.76. The van der Waals surface area contributed by atoms with Gasteiger partial charge in [-0.15, -0.1) is 0 Å². The van der Waals surface area contributed by atoms with Gasteiger partial charge in [0.25, 0.3) is 0 Å². The number of carbonyl (C=O) groups is 1. The Hall–Kier alpha value is -2.92. The van der Waals surface area contributed by atoms with Crippen LogP contribution in [-0.2, 0) is 22.4 Å². The summed E-state index contributed by atoms with van der Waals surface area (Å²) in [4.78, 5) is 26.3. The molecule has 1 aromatic carbocycles. The van der Waals surface area contributed by atoms with Crippen molar-refractivity contribution in [2.24, 2.45) is 23.5 Å². The average Bonchev–Trinajstić information content (AvgIpc) is 3.51. The van der Waals surface area contributed by atoms with Gasteiger partial charge < -0.3 is 30.7 Å². The van der Waals surface area contributed by atoms with Gasteiger partial charge in [0.05, 0.1) is 38.1 Å². The Morgan fingerprint density at radius 1 is 1.10 bits per heavy atom. The van der Waals surface area contributed by atoms with Gasteiger partial charge in [-0.1, -0.05) is 23.8 Å². The molecule has 1 aromatic heterocycles. The van der Waals surface area contributed by atoms with E-state index in [0.29, 0.717) is 16.8 Å². The van der Waals surface area contributed by atoms with Crippen LogP contribution >= 0.6 is 11.6 Å². The molecule has 4 atom stereocenters. The van der Waals surface area contributed by atoms with Crippen LogP contribution < -0.4 is 21.1 Å². The van der Waals surface area contributed by atoms with Crippen LogP contribution in [0.4, 0.5) is 17.5 Å². The lowest BCUT2D eigenvalue weighted by Crippen LogP contribution is -2.42. The number of rotatable bonds is 9. The highest BCUT2D eigenvalue weighted by Crippen LogP contribution is 2.45. The summed E-state index contributed by atoms with van der Waals surface area (Å²) in [6, 6.07) is 4.16. The molecule has 11 heteroatoms. The summed E-state index contributed by atoms with van der Waals surface area (Å²) in [6.07, 6.45) is 8.69. The second-order valence-electron chi connectivity index (χ2n) is 11.2. The third-order valence-corrected chi connectivity index (χ3v) is 9.11. The van der Waals surface area contributed by atoms with Crippen molar-refractivity contribution >= 4 is 35.0 Å². The number of benzene rings is 1. The number of methoxy groups -OCH3 is 1. The van der Waals surface area contributed by atoms with E-state index in [2.05, 4.69) is 54.7 Å². The highest BCUT2D eigenvalue weighted by atomic mass is 35.5. The Bertz CT molecular complexity index is 1270. The van der Waals surface area contributed by atoms with Crippen LogP contribution in [-0.4, -0.2) is 91.3 Å². The molecule has 10 nitrogen and oxygen atoms in total. The molecule has 2 bridgehead atoms. The first-order valence-electron chi connectivity index (χ1n) is 14.2. The topological polar surface area (TPSA) is 118 Å². The molecule has 0 radical (unpaired) electrons. The first-order valence-corrected chi connectivity index (χ1v) is 14.6. The van der Waals surface area contributed by atoms with Gasteiger partial charge >= 0.3 is 0 Å². The van der Waals surface area contributed by atoms with Gasteiger partial charge in [0, 0.05) is 45.3 Å². The van der Waals surface area contributed by atoms with Gasteiger partial charge in [0.2, 0.25) is 11.9 Å². The van der Waals surface area contributed by atoms with Crippen molar-refractivity contribution in [3.8, 4) is 5.75 Å². The Morgan fingerprint density at radius 2 is 1.80 bits per heavy atom. The number of hydrogen-bond acceptors (Lipinski definition) is 9. The molecule has 3 heterocycles. The predicted octanol–water partition coefficient (Wildman–Crippen LogP) is 2.70. The number of ether oxygens (including phenoxy) is 2. The molecule has 40 heavy (non-hydrogen) atoms. The number of nitrogens with two attached hydrogens (primary N) is 1. The summed E-state index contributed by atoms with van der Waals surface area (Å²) in [7, 11) is 1.68. The smallest absolute Gasteiger partial charge is 0.229 e. The summed E-state index contributed by atoms with van der Waals surface area (Å²) in [5, 5.41) is 7.15. The Morgan fingerprint density at radius 3 is 2.52 bits per heavy atom. The third-order valence-electron chi connectivity index (χ3n) is 8.83. The van der Waals surface area contributed by atoms with E-state index in [-0.39, 0.29) is 29.7 Å². The number of nitrogens with zero attached hydrogens (tertiary/aromatic N) is 4. The van der Waals surface area contributed by atoms with E-state index < -0.39 is 0 Å². The Kier molecular flexibility index (Phi) is 8.11. The molecule has 2 fully saturated rings. The minimum atomic E-state index is -0.299. The molecular formula is C29H38ClN7O3. The van der Waals surface area contributed by atoms with Crippen molar-refractivity contribution in [1.82, 2.24) is 19.8 Å². The first-order chi connectivity index (χ1) is 19.5. The summed E-state index contributed by atoms with van der Waals surface area (Å²) in [5.41, 5.74) is 9.18. The first kappa shape index (κ1) is 27.3. The maximum Gasteiger partial charge on any atom is 0.229 e. The number of fused-ring (bicyclic) bond motifs is 3. The van der Waals surface area contributed by atoms with Crippen molar-refractivity contribution in [3.63, 3.8) is 0 Å². The molecule has 4 N–H and O–H groups in total. The van der Waals surface area contributed by atoms with Gasteiger partial charge in [-0.3, -0.25) is 9.69 Å². The maximum atomic E-state index is 12.2. The molecular weight excluding hydrogens is 530 g/mol. The maximum absolute atomic E-state index is 12.2. The fraction of sp³-hybridized carbons (Fsp3) is 0.552. The lowest BCUT2D eigenvalue weighted by atomic mass is 9.88. The van der Waals surface area contributed by atoms with Gasteiger partial charge in [-0.2, -0.15) is 4.98 Å². The number of nitrogens with one attached hydrogen (secondary N) is 2. The fourth-order valence-electron chi connectivity index (χ4n) is 6.61. The van der Waals surface area contributed by atoms with Crippen molar-refractivity contribution in [1.29, 1.82) is 0 Å². The van der Waals surface area contributed by atoms with Crippen LogP contribution in [0.1, 0.15) is 17.5 Å². The number of anilines is 3. The van der Waals surface area contributed by atoms with Crippen LogP contribution in [0.3, 0.4) is 0 Å². The highest BCUT2D eigenvalue weighted by molar-refractivity contribution is 6.32. The van der Waals surface area contributed by atoms with E-state index in [1.165, 1.54) is 11.1 Å². The van der Waals surface area contributed by atoms with E-state index in [1.807, 2.05) is 0 Å². The van der Waals surface area contributed by atoms with Crippen molar-refractivity contribution < 1.29 is 14.3 Å². The largest absolute Gasteiger partial charge is 0.495 e. The van der Waals surface area contributed by atoms with E-state index in [9.17, 15) is 4.79 Å². The molecule has 1 amide bonds. The number of carbonyl (C=O) groups excluding carboxylic acids is 1. The molecule has 2 aliphatic carbocycles. The lowest BCUT2D eigenvalue weighted by molar-refractivity contribution is -0.122. The number of allylic oxidation sites excluding steroid dienone is 1. The van der Waals surface area contributed by atoms with Crippen LogP contribution in [0.15, 0.2) is 30.5 Å². The molecule has 4 aliphatic rings. The summed E-state index contributed by atoms with van der Waals surface area (Å²) < 4.78 is 11.2. The van der Waals surface area contributed by atoms with E-state index in [0.717, 1.165) is 83.2 Å². The number of morpholine rings is 1. The summed E-state index contributed by atoms with van der Waals surface area (Å²) in [6.45, 7) is 7.92.